The molecule has 2 N–H and O–H groups in total. The Morgan fingerprint density at radius 1 is 1.08 bits per heavy atom. The molecule has 0 bridgehead atoms. The zero-order valence-electron chi connectivity index (χ0n) is 12.6. The average molecular weight is 322 g/mol. The number of hydrogen-bond acceptors (Lipinski definition) is 4. The molecule has 0 aliphatic heterocycles. The highest BCUT2D eigenvalue weighted by molar-refractivity contribution is 5.98. The molecule has 0 radical (unpaired) electrons. The second kappa shape index (κ2) is 6.78. The molecular formula is C18H14N2O4. The van der Waals surface area contributed by atoms with Gasteiger partial charge in [-0.15, -0.1) is 0 Å². The first-order valence-electron chi connectivity index (χ1n) is 7.23. The number of aromatic nitrogens is 1. The summed E-state index contributed by atoms with van der Waals surface area (Å²) in [5.41, 5.74) is 1.80. The van der Waals surface area contributed by atoms with Gasteiger partial charge in [-0.2, -0.15) is 0 Å². The molecule has 1 amide bonds. The number of anilines is 1. The molecule has 0 atom stereocenters. The number of ether oxygens (including phenoxy) is 1. The van der Waals surface area contributed by atoms with Crippen molar-refractivity contribution < 1.29 is 19.4 Å². The maximum absolute atomic E-state index is 11.9. The minimum Gasteiger partial charge on any atom is -0.478 e. The first kappa shape index (κ1) is 15.5. The van der Waals surface area contributed by atoms with Crippen LogP contribution in [0.2, 0.25) is 0 Å². The molecule has 3 aromatic rings. The lowest BCUT2D eigenvalue weighted by Gasteiger charge is -2.09. The van der Waals surface area contributed by atoms with E-state index in [0.29, 0.717) is 0 Å². The van der Waals surface area contributed by atoms with Crippen molar-refractivity contribution in [2.45, 2.75) is 6.61 Å². The topological polar surface area (TPSA) is 88.5 Å². The van der Waals surface area contributed by atoms with Crippen molar-refractivity contribution in [3.05, 3.63) is 71.9 Å². The number of carbonyl (C=O) groups is 2. The van der Waals surface area contributed by atoms with Crippen LogP contribution >= 0.6 is 0 Å². The maximum Gasteiger partial charge on any atom is 0.411 e. The summed E-state index contributed by atoms with van der Waals surface area (Å²) in [7, 11) is 0. The van der Waals surface area contributed by atoms with E-state index in [1.165, 1.54) is 12.1 Å². The summed E-state index contributed by atoms with van der Waals surface area (Å²) in [6.45, 7) is 0.0406. The monoisotopic (exact) mass is 322 g/mol. The van der Waals surface area contributed by atoms with E-state index < -0.39 is 12.1 Å². The maximum atomic E-state index is 11.9. The number of hydrogen-bond donors (Lipinski definition) is 2. The molecule has 24 heavy (non-hydrogen) atoms. The fourth-order valence-electron chi connectivity index (χ4n) is 2.27. The van der Waals surface area contributed by atoms with Gasteiger partial charge in [0.1, 0.15) is 6.61 Å². The number of pyridine rings is 1. The summed E-state index contributed by atoms with van der Waals surface area (Å²) in [5.74, 6) is -1.12. The van der Waals surface area contributed by atoms with E-state index in [1.54, 1.807) is 18.3 Å². The Bertz CT molecular complexity index is 908. The molecule has 120 valence electrons. The Labute approximate surface area is 137 Å². The number of rotatable bonds is 4. The van der Waals surface area contributed by atoms with Gasteiger partial charge in [0.25, 0.3) is 0 Å². The number of benzene rings is 2. The highest BCUT2D eigenvalue weighted by atomic mass is 16.5. The zero-order valence-corrected chi connectivity index (χ0v) is 12.6. The van der Waals surface area contributed by atoms with Gasteiger partial charge in [0, 0.05) is 17.1 Å². The van der Waals surface area contributed by atoms with Crippen LogP contribution in [0.3, 0.4) is 0 Å². The molecule has 0 unspecified atom stereocenters. The summed E-state index contributed by atoms with van der Waals surface area (Å²) < 4.78 is 5.13. The standard InChI is InChI=1S/C18H14N2O4/c21-17(22)14-6-2-4-8-16(14)20-18(23)24-11-12-9-13-5-1-3-7-15(13)19-10-12/h1-10H,11H2,(H,20,23)(H,21,22). The van der Waals surface area contributed by atoms with Crippen molar-refractivity contribution in [2.75, 3.05) is 5.32 Å². The summed E-state index contributed by atoms with van der Waals surface area (Å²) in [6, 6.07) is 15.7. The van der Waals surface area contributed by atoms with Gasteiger partial charge in [-0.1, -0.05) is 30.3 Å². The van der Waals surface area contributed by atoms with Crippen molar-refractivity contribution in [2.24, 2.45) is 0 Å². The minimum absolute atomic E-state index is 0.00169. The lowest BCUT2D eigenvalue weighted by atomic mass is 10.2. The third-order valence-corrected chi connectivity index (χ3v) is 3.41. The summed E-state index contributed by atoms with van der Waals surface area (Å²) in [6.07, 6.45) is 0.915. The average Bonchev–Trinajstić information content (AvgIpc) is 2.60. The van der Waals surface area contributed by atoms with Crippen molar-refractivity contribution in [3.63, 3.8) is 0 Å². The fourth-order valence-corrected chi connectivity index (χ4v) is 2.27. The van der Waals surface area contributed by atoms with Crippen LogP contribution in [0.5, 0.6) is 0 Å². The first-order chi connectivity index (χ1) is 11.6. The number of carboxylic acid groups (broad SMARTS) is 1. The molecule has 0 fully saturated rings. The van der Waals surface area contributed by atoms with E-state index in [4.69, 9.17) is 9.84 Å². The van der Waals surface area contributed by atoms with Crippen molar-refractivity contribution in [1.82, 2.24) is 4.98 Å². The molecule has 6 nitrogen and oxygen atoms in total. The molecule has 6 heteroatoms. The third kappa shape index (κ3) is 3.49. The molecule has 1 heterocycles. The number of carbonyl (C=O) groups excluding carboxylic acids is 1. The molecular weight excluding hydrogens is 308 g/mol. The van der Waals surface area contributed by atoms with E-state index in [9.17, 15) is 9.59 Å². The van der Waals surface area contributed by atoms with Crippen LogP contribution in [0.15, 0.2) is 60.8 Å². The summed E-state index contributed by atoms with van der Waals surface area (Å²) >= 11 is 0. The van der Waals surface area contributed by atoms with Gasteiger partial charge in [-0.05, 0) is 24.3 Å². The molecule has 0 saturated heterocycles. The number of aromatic carboxylic acids is 1. The van der Waals surface area contributed by atoms with Gasteiger partial charge in [0.15, 0.2) is 0 Å². The normalized spacial score (nSPS) is 10.3. The first-order valence-corrected chi connectivity index (χ1v) is 7.23. The second-order valence-corrected chi connectivity index (χ2v) is 5.09. The Morgan fingerprint density at radius 2 is 1.83 bits per heavy atom. The number of amides is 1. The van der Waals surface area contributed by atoms with Crippen molar-refractivity contribution in [1.29, 1.82) is 0 Å². The van der Waals surface area contributed by atoms with Crippen LogP contribution in [0.1, 0.15) is 15.9 Å². The Morgan fingerprint density at radius 3 is 2.67 bits per heavy atom. The summed E-state index contributed by atoms with van der Waals surface area (Å²) in [5, 5.41) is 12.5. The van der Waals surface area contributed by atoms with Crippen LogP contribution in [0.4, 0.5) is 10.5 Å². The van der Waals surface area contributed by atoms with Gasteiger partial charge in [-0.3, -0.25) is 10.3 Å². The molecule has 1 aromatic heterocycles. The molecule has 3 rings (SSSR count). The predicted octanol–water partition coefficient (Wildman–Crippen LogP) is 3.68. The van der Waals surface area contributed by atoms with Crippen molar-refractivity contribution in [3.8, 4) is 0 Å². The Hall–Kier alpha value is -3.41. The number of fused-ring (bicyclic) bond motifs is 1. The molecule has 0 spiro atoms. The molecule has 0 aliphatic rings. The largest absolute Gasteiger partial charge is 0.478 e. The molecule has 0 saturated carbocycles. The van der Waals surface area contributed by atoms with E-state index in [-0.39, 0.29) is 17.9 Å². The number of nitrogens with zero attached hydrogens (tertiary/aromatic N) is 1. The van der Waals surface area contributed by atoms with Gasteiger partial charge in [0.2, 0.25) is 0 Å². The highest BCUT2D eigenvalue weighted by Crippen LogP contribution is 2.16. The quantitative estimate of drug-likeness (QED) is 0.765. The Balaban J connectivity index is 1.66. The zero-order chi connectivity index (χ0) is 16.9. The second-order valence-electron chi connectivity index (χ2n) is 5.09. The van der Waals surface area contributed by atoms with E-state index in [1.807, 2.05) is 30.3 Å². The number of carboxylic acids is 1. The third-order valence-electron chi connectivity index (χ3n) is 3.41. The van der Waals surface area contributed by atoms with Gasteiger partial charge in [-0.25, -0.2) is 9.59 Å². The van der Waals surface area contributed by atoms with Crippen LogP contribution in [-0.4, -0.2) is 22.2 Å². The summed E-state index contributed by atoms with van der Waals surface area (Å²) in [4.78, 5) is 27.3. The van der Waals surface area contributed by atoms with Gasteiger partial charge >= 0.3 is 12.1 Å². The van der Waals surface area contributed by atoms with Crippen LogP contribution in [0.25, 0.3) is 10.9 Å². The van der Waals surface area contributed by atoms with Crippen LogP contribution < -0.4 is 5.32 Å². The number of para-hydroxylation sites is 2. The predicted molar refractivity (Wildman–Crippen MR) is 89.0 cm³/mol. The molecule has 0 aliphatic carbocycles. The number of nitrogens with one attached hydrogen (secondary N) is 1. The molecule has 2 aromatic carbocycles. The van der Waals surface area contributed by atoms with Crippen molar-refractivity contribution >= 4 is 28.7 Å². The van der Waals surface area contributed by atoms with Gasteiger partial charge in [0.05, 0.1) is 16.8 Å². The lowest BCUT2D eigenvalue weighted by molar-refractivity contribution is 0.0698. The minimum atomic E-state index is -1.12. The Kier molecular flexibility index (Phi) is 4.38. The fraction of sp³-hybridized carbons (Fsp3) is 0.0556. The van der Waals surface area contributed by atoms with E-state index >= 15 is 0 Å². The lowest BCUT2D eigenvalue weighted by Crippen LogP contribution is -2.16. The van der Waals surface area contributed by atoms with E-state index in [0.717, 1.165) is 16.5 Å². The van der Waals surface area contributed by atoms with E-state index in [2.05, 4.69) is 10.3 Å². The SMILES string of the molecule is O=C(Nc1ccccc1C(=O)O)OCc1cnc2ccccc2c1. The van der Waals surface area contributed by atoms with Gasteiger partial charge < -0.3 is 9.84 Å². The smallest absolute Gasteiger partial charge is 0.411 e. The highest BCUT2D eigenvalue weighted by Gasteiger charge is 2.12. The van der Waals surface area contributed by atoms with Crippen LogP contribution in [-0.2, 0) is 11.3 Å². The van der Waals surface area contributed by atoms with Crippen LogP contribution in [0, 0.1) is 0 Å².